The van der Waals surface area contributed by atoms with Crippen molar-refractivity contribution in [2.75, 3.05) is 7.11 Å². The van der Waals surface area contributed by atoms with E-state index >= 15 is 0 Å². The van der Waals surface area contributed by atoms with Crippen LogP contribution in [-0.2, 0) is 9.53 Å². The van der Waals surface area contributed by atoms with E-state index in [0.29, 0.717) is 5.69 Å². The second-order valence-corrected chi connectivity index (χ2v) is 2.97. The highest BCUT2D eigenvalue weighted by molar-refractivity contribution is 5.75. The Kier molecular flexibility index (Phi) is 3.70. The molecule has 1 aromatic rings. The Bertz CT molecular complexity index is 356. The Morgan fingerprint density at radius 1 is 1.53 bits per heavy atom. The number of aliphatic hydroxyl groups is 2. The minimum Gasteiger partial charge on any atom is -0.467 e. The molecule has 82 valence electrons. The highest BCUT2D eigenvalue weighted by Crippen LogP contribution is 2.13. The second-order valence-electron chi connectivity index (χ2n) is 2.97. The Hall–Kier alpha value is -1.53. The van der Waals surface area contributed by atoms with Crippen LogP contribution >= 0.6 is 0 Å². The number of aryl methyl sites for hydroxylation is 1. The maximum absolute atomic E-state index is 10.9. The number of esters is 1. The lowest BCUT2D eigenvalue weighted by Crippen LogP contribution is -2.30. The minimum atomic E-state index is -1.67. The van der Waals surface area contributed by atoms with E-state index in [1.807, 2.05) is 0 Å². The van der Waals surface area contributed by atoms with Crippen molar-refractivity contribution in [2.45, 2.75) is 19.1 Å². The molecular formula is C9H12N2O4. The van der Waals surface area contributed by atoms with Gasteiger partial charge in [0.25, 0.3) is 0 Å². The number of methoxy groups -OCH3 is 1. The predicted molar refractivity (Wildman–Crippen MR) is 49.8 cm³/mol. The lowest BCUT2D eigenvalue weighted by molar-refractivity contribution is -0.157. The van der Waals surface area contributed by atoms with Gasteiger partial charge in [0.05, 0.1) is 7.11 Å². The zero-order chi connectivity index (χ0) is 11.4. The van der Waals surface area contributed by atoms with Crippen molar-refractivity contribution < 1.29 is 19.7 Å². The third-order valence-electron chi connectivity index (χ3n) is 1.82. The van der Waals surface area contributed by atoms with E-state index in [4.69, 9.17) is 0 Å². The predicted octanol–water partition coefficient (Wildman–Crippen LogP) is -0.648. The van der Waals surface area contributed by atoms with E-state index < -0.39 is 18.2 Å². The first-order valence-corrected chi connectivity index (χ1v) is 4.29. The van der Waals surface area contributed by atoms with Crippen LogP contribution in [0.25, 0.3) is 0 Å². The number of nitrogens with zero attached hydrogens (tertiary/aromatic N) is 2. The fourth-order valence-corrected chi connectivity index (χ4v) is 1.00. The van der Waals surface area contributed by atoms with Crippen molar-refractivity contribution in [3.63, 3.8) is 0 Å². The summed E-state index contributed by atoms with van der Waals surface area (Å²) in [6.07, 6.45) is -1.71. The van der Waals surface area contributed by atoms with Crippen LogP contribution in [0.3, 0.4) is 0 Å². The molecule has 2 N–H and O–H groups in total. The second kappa shape index (κ2) is 4.81. The number of carbonyl (C=O) groups excluding carboxylic acids is 1. The Balaban J connectivity index is 2.84. The average molecular weight is 212 g/mol. The van der Waals surface area contributed by atoms with Gasteiger partial charge < -0.3 is 14.9 Å². The molecule has 0 aromatic carbocycles. The van der Waals surface area contributed by atoms with Gasteiger partial charge in [0.1, 0.15) is 0 Å². The molecule has 0 aliphatic heterocycles. The summed E-state index contributed by atoms with van der Waals surface area (Å²) < 4.78 is 4.28. The standard InChI is InChI=1S/C9H12N2O4/c1-5-3-4-10-8(11-5)6(12)7(13)9(14)15-2/h3-4,6-7,12-13H,1-2H3. The number of aromatic nitrogens is 2. The first-order valence-electron chi connectivity index (χ1n) is 4.29. The molecule has 0 bridgehead atoms. The smallest absolute Gasteiger partial charge is 0.337 e. The molecule has 0 spiro atoms. The summed E-state index contributed by atoms with van der Waals surface area (Å²) in [4.78, 5) is 18.6. The topological polar surface area (TPSA) is 92.5 Å². The number of aliphatic hydroxyl groups excluding tert-OH is 2. The van der Waals surface area contributed by atoms with Crippen molar-refractivity contribution in [3.05, 3.63) is 23.8 Å². The molecular weight excluding hydrogens is 200 g/mol. The van der Waals surface area contributed by atoms with Gasteiger partial charge in [0.15, 0.2) is 18.0 Å². The quantitative estimate of drug-likeness (QED) is 0.647. The van der Waals surface area contributed by atoms with E-state index in [9.17, 15) is 15.0 Å². The molecule has 1 rings (SSSR count). The van der Waals surface area contributed by atoms with E-state index in [1.165, 1.54) is 6.20 Å². The molecule has 0 radical (unpaired) electrons. The molecule has 2 unspecified atom stereocenters. The Morgan fingerprint density at radius 2 is 2.20 bits per heavy atom. The average Bonchev–Trinajstić information content (AvgIpc) is 2.26. The van der Waals surface area contributed by atoms with Gasteiger partial charge in [-0.05, 0) is 13.0 Å². The SMILES string of the molecule is COC(=O)C(O)C(O)c1nccc(C)n1. The van der Waals surface area contributed by atoms with Crippen LogP contribution in [0.2, 0.25) is 0 Å². The van der Waals surface area contributed by atoms with Crippen molar-refractivity contribution >= 4 is 5.97 Å². The van der Waals surface area contributed by atoms with Gasteiger partial charge in [-0.2, -0.15) is 0 Å². The first-order chi connectivity index (χ1) is 7.06. The highest BCUT2D eigenvalue weighted by Gasteiger charge is 2.28. The largest absolute Gasteiger partial charge is 0.467 e. The molecule has 0 saturated heterocycles. The van der Waals surface area contributed by atoms with Crippen LogP contribution in [0.1, 0.15) is 17.6 Å². The summed E-state index contributed by atoms with van der Waals surface area (Å²) in [6, 6.07) is 1.64. The van der Waals surface area contributed by atoms with Crippen molar-refractivity contribution in [1.29, 1.82) is 0 Å². The fraction of sp³-hybridized carbons (Fsp3) is 0.444. The zero-order valence-corrected chi connectivity index (χ0v) is 8.41. The van der Waals surface area contributed by atoms with Gasteiger partial charge in [0.2, 0.25) is 0 Å². The van der Waals surface area contributed by atoms with Gasteiger partial charge in [-0.15, -0.1) is 0 Å². The summed E-state index contributed by atoms with van der Waals surface area (Å²) in [5.41, 5.74) is 0.635. The van der Waals surface area contributed by atoms with Crippen LogP contribution in [0, 0.1) is 6.92 Å². The first kappa shape index (κ1) is 11.5. The highest BCUT2D eigenvalue weighted by atomic mass is 16.5. The van der Waals surface area contributed by atoms with Crippen molar-refractivity contribution in [1.82, 2.24) is 9.97 Å². The van der Waals surface area contributed by atoms with E-state index in [0.717, 1.165) is 7.11 Å². The number of ether oxygens (including phenoxy) is 1. The molecule has 1 heterocycles. The maximum atomic E-state index is 10.9. The van der Waals surface area contributed by atoms with E-state index in [-0.39, 0.29) is 5.82 Å². The molecule has 6 heteroatoms. The van der Waals surface area contributed by atoms with E-state index in [1.54, 1.807) is 13.0 Å². The number of hydrogen-bond acceptors (Lipinski definition) is 6. The van der Waals surface area contributed by atoms with Crippen LogP contribution in [0.5, 0.6) is 0 Å². The van der Waals surface area contributed by atoms with Gasteiger partial charge in [-0.25, -0.2) is 14.8 Å². The Labute approximate surface area is 86.6 Å². The molecule has 0 amide bonds. The lowest BCUT2D eigenvalue weighted by Gasteiger charge is -2.14. The molecule has 1 aromatic heterocycles. The van der Waals surface area contributed by atoms with Gasteiger partial charge >= 0.3 is 5.97 Å². The third kappa shape index (κ3) is 2.71. The van der Waals surface area contributed by atoms with Crippen LogP contribution in [0.4, 0.5) is 0 Å². The van der Waals surface area contributed by atoms with Crippen molar-refractivity contribution in [2.24, 2.45) is 0 Å². The maximum Gasteiger partial charge on any atom is 0.337 e. The van der Waals surface area contributed by atoms with Crippen molar-refractivity contribution in [3.8, 4) is 0 Å². The molecule has 0 aliphatic carbocycles. The molecule has 6 nitrogen and oxygen atoms in total. The van der Waals surface area contributed by atoms with Crippen LogP contribution < -0.4 is 0 Å². The van der Waals surface area contributed by atoms with Gasteiger partial charge in [-0.3, -0.25) is 0 Å². The summed E-state index contributed by atoms with van der Waals surface area (Å²) >= 11 is 0. The molecule has 15 heavy (non-hydrogen) atoms. The Morgan fingerprint density at radius 3 is 2.73 bits per heavy atom. The van der Waals surface area contributed by atoms with Gasteiger partial charge in [0, 0.05) is 11.9 Å². The summed E-state index contributed by atoms with van der Waals surface area (Å²) in [6.45, 7) is 1.71. The van der Waals surface area contributed by atoms with Crippen LogP contribution in [0.15, 0.2) is 12.3 Å². The molecule has 0 fully saturated rings. The minimum absolute atomic E-state index is 0.00657. The number of carbonyl (C=O) groups is 1. The molecule has 0 aliphatic rings. The molecule has 2 atom stereocenters. The molecule has 0 saturated carbocycles. The van der Waals surface area contributed by atoms with Gasteiger partial charge in [-0.1, -0.05) is 0 Å². The third-order valence-corrected chi connectivity index (χ3v) is 1.82. The normalized spacial score (nSPS) is 14.4. The number of rotatable bonds is 3. The lowest BCUT2D eigenvalue weighted by atomic mass is 10.2. The summed E-state index contributed by atoms with van der Waals surface area (Å²) in [5.74, 6) is -0.930. The van der Waals surface area contributed by atoms with Crippen LogP contribution in [-0.4, -0.2) is 39.4 Å². The number of hydrogen-bond donors (Lipinski definition) is 2. The van der Waals surface area contributed by atoms with E-state index in [2.05, 4.69) is 14.7 Å². The summed E-state index contributed by atoms with van der Waals surface area (Å²) in [5, 5.41) is 18.9. The monoisotopic (exact) mass is 212 g/mol. The fourth-order valence-electron chi connectivity index (χ4n) is 1.00. The summed E-state index contributed by atoms with van der Waals surface area (Å²) in [7, 11) is 1.12. The zero-order valence-electron chi connectivity index (χ0n) is 8.41.